The standard InChI is InChI=1S/C25H25BrFN3O5/c1-15-8-9-18(23(31)28-3)12-20(15)30-16(2)10-21(22(26)24(30)32)35-14-29(25(33)34-4)13-17-6-5-7-19(27)11-17/h5-12H,13-14H2,1-4H3,(H,28,31). The number of rotatable bonds is 7. The second-order valence-electron chi connectivity index (χ2n) is 7.76. The molecule has 0 aliphatic heterocycles. The van der Waals surface area contributed by atoms with E-state index in [9.17, 15) is 18.8 Å². The third-order valence-corrected chi connectivity index (χ3v) is 6.04. The zero-order chi connectivity index (χ0) is 25.7. The first-order valence-corrected chi connectivity index (χ1v) is 11.4. The van der Waals surface area contributed by atoms with Gasteiger partial charge in [0.1, 0.15) is 16.0 Å². The Morgan fingerprint density at radius 3 is 2.54 bits per heavy atom. The Kier molecular flexibility index (Phi) is 8.29. The highest BCUT2D eigenvalue weighted by atomic mass is 79.9. The summed E-state index contributed by atoms with van der Waals surface area (Å²) in [7, 11) is 2.77. The molecule has 0 saturated carbocycles. The summed E-state index contributed by atoms with van der Waals surface area (Å²) in [6.45, 7) is 3.38. The van der Waals surface area contributed by atoms with Crippen molar-refractivity contribution in [1.29, 1.82) is 0 Å². The molecule has 2 amide bonds. The first kappa shape index (κ1) is 26.0. The summed E-state index contributed by atoms with van der Waals surface area (Å²) in [5.74, 6) is -0.472. The highest BCUT2D eigenvalue weighted by molar-refractivity contribution is 9.10. The van der Waals surface area contributed by atoms with Gasteiger partial charge < -0.3 is 14.8 Å². The van der Waals surface area contributed by atoms with Crippen LogP contribution in [0.3, 0.4) is 0 Å². The minimum absolute atomic E-state index is 0.0452. The van der Waals surface area contributed by atoms with Crippen LogP contribution in [0.25, 0.3) is 5.69 Å². The molecule has 0 atom stereocenters. The molecule has 0 radical (unpaired) electrons. The van der Waals surface area contributed by atoms with Crippen molar-refractivity contribution in [1.82, 2.24) is 14.8 Å². The van der Waals surface area contributed by atoms with Crippen molar-refractivity contribution in [2.75, 3.05) is 20.9 Å². The molecule has 0 unspecified atom stereocenters. The van der Waals surface area contributed by atoms with Gasteiger partial charge in [-0.1, -0.05) is 18.2 Å². The van der Waals surface area contributed by atoms with Crippen molar-refractivity contribution < 1.29 is 23.5 Å². The van der Waals surface area contributed by atoms with E-state index < -0.39 is 17.5 Å². The molecule has 0 saturated heterocycles. The lowest BCUT2D eigenvalue weighted by Crippen LogP contribution is -2.34. The molecule has 8 nitrogen and oxygen atoms in total. The number of pyridine rings is 1. The number of aryl methyl sites for hydroxylation is 2. The number of ether oxygens (including phenoxy) is 2. The van der Waals surface area contributed by atoms with E-state index in [0.717, 1.165) is 5.56 Å². The summed E-state index contributed by atoms with van der Waals surface area (Å²) in [5.41, 5.74) is 2.49. The number of hydrogen-bond acceptors (Lipinski definition) is 5. The quantitative estimate of drug-likeness (QED) is 0.446. The fraction of sp³-hybridized carbons (Fsp3) is 0.240. The average Bonchev–Trinajstić information content (AvgIpc) is 2.84. The highest BCUT2D eigenvalue weighted by Gasteiger charge is 2.19. The van der Waals surface area contributed by atoms with Crippen LogP contribution in [0.1, 0.15) is 27.2 Å². The number of aromatic nitrogens is 1. The molecule has 1 aromatic heterocycles. The predicted molar refractivity (Wildman–Crippen MR) is 132 cm³/mol. The number of carbonyl (C=O) groups excluding carboxylic acids is 2. The lowest BCUT2D eigenvalue weighted by Gasteiger charge is -2.22. The minimum Gasteiger partial charge on any atom is -0.471 e. The third kappa shape index (κ3) is 5.89. The Bertz CT molecular complexity index is 1320. The van der Waals surface area contributed by atoms with Gasteiger partial charge in [0, 0.05) is 24.4 Å². The molecule has 2 aromatic carbocycles. The van der Waals surface area contributed by atoms with Crippen molar-refractivity contribution in [3.05, 3.63) is 91.6 Å². The average molecular weight is 546 g/mol. The van der Waals surface area contributed by atoms with Gasteiger partial charge in [-0.05, 0) is 65.2 Å². The van der Waals surface area contributed by atoms with Crippen LogP contribution >= 0.6 is 15.9 Å². The molecular weight excluding hydrogens is 521 g/mol. The van der Waals surface area contributed by atoms with Gasteiger partial charge in [-0.25, -0.2) is 9.18 Å². The highest BCUT2D eigenvalue weighted by Crippen LogP contribution is 2.26. The maximum atomic E-state index is 13.6. The molecule has 0 aliphatic rings. The number of nitrogens with one attached hydrogen (secondary N) is 1. The van der Waals surface area contributed by atoms with E-state index in [4.69, 9.17) is 9.47 Å². The zero-order valence-electron chi connectivity index (χ0n) is 19.7. The Hall–Kier alpha value is -3.66. The molecule has 35 heavy (non-hydrogen) atoms. The third-order valence-electron chi connectivity index (χ3n) is 5.31. The Morgan fingerprint density at radius 1 is 1.14 bits per heavy atom. The van der Waals surface area contributed by atoms with Crippen LogP contribution in [-0.4, -0.2) is 42.4 Å². The monoisotopic (exact) mass is 545 g/mol. The molecule has 0 bridgehead atoms. The van der Waals surface area contributed by atoms with E-state index in [2.05, 4.69) is 21.2 Å². The van der Waals surface area contributed by atoms with Gasteiger partial charge in [0.25, 0.3) is 11.5 Å². The Balaban J connectivity index is 1.91. The largest absolute Gasteiger partial charge is 0.471 e. The Labute approximate surface area is 210 Å². The second-order valence-corrected chi connectivity index (χ2v) is 8.55. The summed E-state index contributed by atoms with van der Waals surface area (Å²) in [6.07, 6.45) is -0.669. The lowest BCUT2D eigenvalue weighted by molar-refractivity contribution is 0.0799. The molecule has 0 fully saturated rings. The summed E-state index contributed by atoms with van der Waals surface area (Å²) >= 11 is 3.31. The number of amides is 2. The van der Waals surface area contributed by atoms with Crippen molar-refractivity contribution in [3.63, 3.8) is 0 Å². The number of carbonyl (C=O) groups is 2. The SMILES string of the molecule is CNC(=O)c1ccc(C)c(-n2c(C)cc(OCN(Cc3cccc(F)c3)C(=O)OC)c(Br)c2=O)c1. The van der Waals surface area contributed by atoms with Crippen LogP contribution in [0.2, 0.25) is 0 Å². The van der Waals surface area contributed by atoms with Gasteiger partial charge in [-0.3, -0.25) is 19.1 Å². The lowest BCUT2D eigenvalue weighted by atomic mass is 10.1. The second kappa shape index (κ2) is 11.2. The van der Waals surface area contributed by atoms with E-state index in [1.165, 1.54) is 35.8 Å². The zero-order valence-corrected chi connectivity index (χ0v) is 21.3. The van der Waals surface area contributed by atoms with E-state index in [1.807, 2.05) is 6.92 Å². The fourth-order valence-electron chi connectivity index (χ4n) is 3.52. The van der Waals surface area contributed by atoms with E-state index in [1.54, 1.807) is 43.3 Å². The summed E-state index contributed by atoms with van der Waals surface area (Å²) in [5, 5.41) is 2.57. The van der Waals surface area contributed by atoms with Gasteiger partial charge in [0.05, 0.1) is 19.3 Å². The number of methoxy groups -OCH3 is 1. The first-order valence-electron chi connectivity index (χ1n) is 10.6. The van der Waals surface area contributed by atoms with E-state index >= 15 is 0 Å². The molecule has 3 rings (SSSR count). The predicted octanol–water partition coefficient (Wildman–Crippen LogP) is 4.32. The van der Waals surface area contributed by atoms with Crippen LogP contribution in [0.15, 0.2) is 57.8 Å². The van der Waals surface area contributed by atoms with Crippen LogP contribution < -0.4 is 15.6 Å². The molecule has 3 aromatic rings. The van der Waals surface area contributed by atoms with Gasteiger partial charge in [0.2, 0.25) is 0 Å². The summed E-state index contributed by atoms with van der Waals surface area (Å²) in [6, 6.07) is 12.6. The van der Waals surface area contributed by atoms with Gasteiger partial charge in [-0.15, -0.1) is 0 Å². The number of benzene rings is 2. The molecule has 1 heterocycles. The normalized spacial score (nSPS) is 10.6. The number of nitrogens with zero attached hydrogens (tertiary/aromatic N) is 2. The molecule has 184 valence electrons. The van der Waals surface area contributed by atoms with E-state index in [-0.39, 0.29) is 29.4 Å². The van der Waals surface area contributed by atoms with Crippen molar-refractivity contribution >= 4 is 27.9 Å². The Morgan fingerprint density at radius 2 is 1.89 bits per heavy atom. The molecule has 0 aliphatic carbocycles. The minimum atomic E-state index is -0.669. The van der Waals surface area contributed by atoms with E-state index in [0.29, 0.717) is 22.5 Å². The van der Waals surface area contributed by atoms with Crippen LogP contribution in [0.4, 0.5) is 9.18 Å². The van der Waals surface area contributed by atoms with Crippen LogP contribution in [0.5, 0.6) is 5.75 Å². The first-order chi connectivity index (χ1) is 16.7. The molecule has 10 heteroatoms. The van der Waals surface area contributed by atoms with Gasteiger partial charge in [0.15, 0.2) is 6.73 Å². The smallest absolute Gasteiger partial charge is 0.412 e. The summed E-state index contributed by atoms with van der Waals surface area (Å²) < 4.78 is 25.8. The molecular formula is C25H25BrFN3O5. The maximum Gasteiger partial charge on any atom is 0.412 e. The van der Waals surface area contributed by atoms with Crippen molar-refractivity contribution in [2.45, 2.75) is 20.4 Å². The van der Waals surface area contributed by atoms with Crippen LogP contribution in [-0.2, 0) is 11.3 Å². The van der Waals surface area contributed by atoms with Crippen molar-refractivity contribution in [2.24, 2.45) is 0 Å². The number of hydrogen-bond donors (Lipinski definition) is 1. The molecule has 1 N–H and O–H groups in total. The topological polar surface area (TPSA) is 89.9 Å². The maximum absolute atomic E-state index is 13.6. The van der Waals surface area contributed by atoms with Gasteiger partial charge in [-0.2, -0.15) is 0 Å². The summed E-state index contributed by atoms with van der Waals surface area (Å²) in [4.78, 5) is 38.8. The fourth-order valence-corrected chi connectivity index (χ4v) is 3.92. The number of halogens is 2. The van der Waals surface area contributed by atoms with Crippen molar-refractivity contribution in [3.8, 4) is 11.4 Å². The molecule has 0 spiro atoms. The van der Waals surface area contributed by atoms with Crippen LogP contribution in [0, 0.1) is 19.7 Å². The van der Waals surface area contributed by atoms with Gasteiger partial charge >= 0.3 is 6.09 Å².